The summed E-state index contributed by atoms with van der Waals surface area (Å²) in [5, 5.41) is 3.47. The van der Waals surface area contributed by atoms with Crippen LogP contribution in [0.1, 0.15) is 29.9 Å². The fourth-order valence-electron chi connectivity index (χ4n) is 1.95. The molecular formula is C16H21NS. The topological polar surface area (TPSA) is 12.0 Å². The molecule has 1 N–H and O–H groups in total. The van der Waals surface area contributed by atoms with Crippen molar-refractivity contribution in [2.45, 2.75) is 40.3 Å². The molecule has 0 saturated heterocycles. The maximum atomic E-state index is 3.47. The molecule has 1 nitrogen and oxygen atoms in total. The molecule has 0 aliphatic heterocycles. The predicted octanol–water partition coefficient (Wildman–Crippen LogP) is 4.53. The van der Waals surface area contributed by atoms with Gasteiger partial charge in [-0.15, -0.1) is 11.3 Å². The van der Waals surface area contributed by atoms with E-state index in [9.17, 15) is 0 Å². The minimum Gasteiger partial charge on any atom is -0.310 e. The van der Waals surface area contributed by atoms with Gasteiger partial charge in [0.05, 0.1) is 0 Å². The van der Waals surface area contributed by atoms with Gasteiger partial charge in [0.1, 0.15) is 0 Å². The minimum absolute atomic E-state index is 0.527. The maximum absolute atomic E-state index is 3.47. The van der Waals surface area contributed by atoms with Crippen LogP contribution in [0, 0.1) is 13.8 Å². The fraction of sp³-hybridized carbons (Fsp3) is 0.375. The lowest BCUT2D eigenvalue weighted by Gasteiger charge is -2.10. The zero-order valence-electron chi connectivity index (χ0n) is 11.6. The maximum Gasteiger partial charge on any atom is 0.0348 e. The highest BCUT2D eigenvalue weighted by atomic mass is 32.1. The largest absolute Gasteiger partial charge is 0.310 e. The molecule has 1 heterocycles. The van der Waals surface area contributed by atoms with Crippen molar-refractivity contribution in [2.24, 2.45) is 0 Å². The van der Waals surface area contributed by atoms with Gasteiger partial charge in [-0.1, -0.05) is 26.0 Å². The van der Waals surface area contributed by atoms with E-state index in [0.29, 0.717) is 6.04 Å². The van der Waals surface area contributed by atoms with Gasteiger partial charge in [-0.05, 0) is 48.7 Å². The number of hydrogen-bond acceptors (Lipinski definition) is 2. The quantitative estimate of drug-likeness (QED) is 0.850. The lowest BCUT2D eigenvalue weighted by molar-refractivity contribution is 0.589. The Morgan fingerprint density at radius 1 is 1.11 bits per heavy atom. The molecule has 2 aromatic rings. The van der Waals surface area contributed by atoms with E-state index in [4.69, 9.17) is 0 Å². The Bertz CT molecular complexity index is 526. The van der Waals surface area contributed by atoms with Crippen molar-refractivity contribution >= 4 is 11.3 Å². The van der Waals surface area contributed by atoms with Gasteiger partial charge in [-0.25, -0.2) is 0 Å². The molecule has 0 aliphatic rings. The molecule has 1 aromatic carbocycles. The van der Waals surface area contributed by atoms with Crippen molar-refractivity contribution in [3.8, 4) is 10.4 Å². The predicted molar refractivity (Wildman–Crippen MR) is 81.2 cm³/mol. The van der Waals surface area contributed by atoms with Gasteiger partial charge in [0, 0.05) is 22.3 Å². The van der Waals surface area contributed by atoms with Crippen molar-refractivity contribution in [1.29, 1.82) is 0 Å². The van der Waals surface area contributed by atoms with E-state index in [1.165, 1.54) is 26.4 Å². The molecule has 2 heteroatoms. The van der Waals surface area contributed by atoms with Crippen LogP contribution < -0.4 is 5.32 Å². The van der Waals surface area contributed by atoms with E-state index < -0.39 is 0 Å². The normalized spacial score (nSPS) is 11.2. The molecule has 0 saturated carbocycles. The van der Waals surface area contributed by atoms with Gasteiger partial charge in [-0.3, -0.25) is 0 Å². The van der Waals surface area contributed by atoms with Gasteiger partial charge >= 0.3 is 0 Å². The Morgan fingerprint density at radius 3 is 2.50 bits per heavy atom. The number of hydrogen-bond donors (Lipinski definition) is 1. The Balaban J connectivity index is 2.27. The Labute approximate surface area is 114 Å². The second-order valence-corrected chi connectivity index (χ2v) is 6.38. The Kier molecular flexibility index (Phi) is 4.20. The van der Waals surface area contributed by atoms with Gasteiger partial charge in [-0.2, -0.15) is 0 Å². The van der Waals surface area contributed by atoms with Crippen LogP contribution in [0.25, 0.3) is 10.4 Å². The first-order valence-electron chi connectivity index (χ1n) is 6.46. The molecule has 0 spiro atoms. The van der Waals surface area contributed by atoms with E-state index in [1.807, 2.05) is 11.3 Å². The monoisotopic (exact) mass is 259 g/mol. The molecule has 96 valence electrons. The van der Waals surface area contributed by atoms with Crippen LogP contribution in [-0.4, -0.2) is 6.04 Å². The van der Waals surface area contributed by atoms with Crippen molar-refractivity contribution in [1.82, 2.24) is 5.32 Å². The van der Waals surface area contributed by atoms with E-state index >= 15 is 0 Å². The SMILES string of the molecule is Cc1ccc(-c2cc(CNC(C)C)ccc2C)s1. The number of aryl methyl sites for hydroxylation is 2. The summed E-state index contributed by atoms with van der Waals surface area (Å²) in [6, 6.07) is 11.7. The van der Waals surface area contributed by atoms with Gasteiger partial charge in [0.2, 0.25) is 0 Å². The molecule has 2 rings (SSSR count). The smallest absolute Gasteiger partial charge is 0.0348 e. The summed E-state index contributed by atoms with van der Waals surface area (Å²) in [5.41, 5.74) is 4.08. The molecule has 18 heavy (non-hydrogen) atoms. The molecule has 0 radical (unpaired) electrons. The highest BCUT2D eigenvalue weighted by molar-refractivity contribution is 7.15. The Hall–Kier alpha value is -1.12. The van der Waals surface area contributed by atoms with Crippen molar-refractivity contribution in [2.75, 3.05) is 0 Å². The average molecular weight is 259 g/mol. The molecule has 0 unspecified atom stereocenters. The highest BCUT2D eigenvalue weighted by Gasteiger charge is 2.06. The van der Waals surface area contributed by atoms with Gasteiger partial charge in [0.15, 0.2) is 0 Å². The first kappa shape index (κ1) is 13.3. The zero-order chi connectivity index (χ0) is 13.1. The summed E-state index contributed by atoms with van der Waals surface area (Å²) >= 11 is 1.87. The molecular weight excluding hydrogens is 238 g/mol. The minimum atomic E-state index is 0.527. The molecule has 0 aliphatic carbocycles. The summed E-state index contributed by atoms with van der Waals surface area (Å²) in [6.45, 7) is 9.64. The molecule has 1 aromatic heterocycles. The third-order valence-electron chi connectivity index (χ3n) is 3.02. The molecule has 0 fully saturated rings. The second-order valence-electron chi connectivity index (χ2n) is 5.10. The first-order chi connectivity index (χ1) is 8.56. The van der Waals surface area contributed by atoms with Crippen LogP contribution in [-0.2, 0) is 6.54 Å². The van der Waals surface area contributed by atoms with Crippen LogP contribution >= 0.6 is 11.3 Å². The number of nitrogens with one attached hydrogen (secondary N) is 1. The second kappa shape index (κ2) is 5.68. The van der Waals surface area contributed by atoms with Crippen molar-refractivity contribution < 1.29 is 0 Å². The summed E-state index contributed by atoms with van der Waals surface area (Å²) in [5.74, 6) is 0. The number of benzene rings is 1. The van der Waals surface area contributed by atoms with Crippen molar-refractivity contribution in [3.63, 3.8) is 0 Å². The van der Waals surface area contributed by atoms with Crippen LogP contribution in [0.5, 0.6) is 0 Å². The molecule has 0 atom stereocenters. The highest BCUT2D eigenvalue weighted by Crippen LogP contribution is 2.30. The first-order valence-corrected chi connectivity index (χ1v) is 7.27. The third kappa shape index (κ3) is 3.21. The van der Waals surface area contributed by atoms with E-state index in [1.54, 1.807) is 0 Å². The lowest BCUT2D eigenvalue weighted by Crippen LogP contribution is -2.21. The van der Waals surface area contributed by atoms with Crippen molar-refractivity contribution in [3.05, 3.63) is 46.3 Å². The van der Waals surface area contributed by atoms with E-state index in [-0.39, 0.29) is 0 Å². The third-order valence-corrected chi connectivity index (χ3v) is 4.06. The Morgan fingerprint density at radius 2 is 1.89 bits per heavy atom. The molecule has 0 bridgehead atoms. The molecule has 0 amide bonds. The lowest BCUT2D eigenvalue weighted by atomic mass is 10.0. The van der Waals surface area contributed by atoms with Crippen LogP contribution in [0.15, 0.2) is 30.3 Å². The van der Waals surface area contributed by atoms with Crippen LogP contribution in [0.2, 0.25) is 0 Å². The van der Waals surface area contributed by atoms with Crippen LogP contribution in [0.3, 0.4) is 0 Å². The summed E-state index contributed by atoms with van der Waals surface area (Å²) in [7, 11) is 0. The zero-order valence-corrected chi connectivity index (χ0v) is 12.4. The van der Waals surface area contributed by atoms with Gasteiger partial charge < -0.3 is 5.32 Å². The standard InChI is InChI=1S/C16H21NS/c1-11(2)17-10-14-7-5-12(3)15(9-14)16-8-6-13(4)18-16/h5-9,11,17H,10H2,1-4H3. The number of thiophene rings is 1. The number of rotatable bonds is 4. The summed E-state index contributed by atoms with van der Waals surface area (Å²) in [6.07, 6.45) is 0. The summed E-state index contributed by atoms with van der Waals surface area (Å²) < 4.78 is 0. The van der Waals surface area contributed by atoms with Gasteiger partial charge in [0.25, 0.3) is 0 Å². The average Bonchev–Trinajstić information content (AvgIpc) is 2.74. The van der Waals surface area contributed by atoms with E-state index in [2.05, 4.69) is 63.3 Å². The summed E-state index contributed by atoms with van der Waals surface area (Å²) in [4.78, 5) is 2.74. The van der Waals surface area contributed by atoms with E-state index in [0.717, 1.165) is 6.54 Å². The van der Waals surface area contributed by atoms with Crippen LogP contribution in [0.4, 0.5) is 0 Å². The fourth-order valence-corrected chi connectivity index (χ4v) is 2.89.